The first-order chi connectivity index (χ1) is 9.27. The van der Waals surface area contributed by atoms with Gasteiger partial charge in [-0.2, -0.15) is 0 Å². The molecule has 2 aromatic rings. The average molecular weight is 263 g/mol. The summed E-state index contributed by atoms with van der Waals surface area (Å²) in [5.74, 6) is 0.381. The Kier molecular flexibility index (Phi) is 4.68. The van der Waals surface area contributed by atoms with E-state index in [0.29, 0.717) is 17.0 Å². The molecule has 0 amide bonds. The quantitative estimate of drug-likeness (QED) is 0.745. The number of nitrogens with zero attached hydrogens (tertiary/aromatic N) is 4. The minimum absolute atomic E-state index is 0.0103. The van der Waals surface area contributed by atoms with E-state index < -0.39 is 0 Å². The highest BCUT2D eigenvalue weighted by Crippen LogP contribution is 2.22. The summed E-state index contributed by atoms with van der Waals surface area (Å²) in [5.41, 5.74) is 7.06. The van der Waals surface area contributed by atoms with Gasteiger partial charge in [0.15, 0.2) is 11.5 Å². The number of fused-ring (bicyclic) bond motifs is 1. The molecular weight excluding hydrogens is 242 g/mol. The number of hydrogen-bond donors (Lipinski definition) is 2. The molecule has 2 rings (SSSR count). The van der Waals surface area contributed by atoms with Crippen LogP contribution in [0.3, 0.4) is 0 Å². The normalized spacial score (nSPS) is 12.9. The third-order valence-corrected chi connectivity index (χ3v) is 3.38. The SMILES string of the molecule is CCCCCC[C@H](CO)n1cnc2c(N)ncnc21. The summed E-state index contributed by atoms with van der Waals surface area (Å²) in [6.45, 7) is 2.27. The standard InChI is InChI=1S/C13H21N5O/c1-2-3-4-5-6-10(7-19)18-9-17-11-12(14)15-8-16-13(11)18/h8-10,19H,2-7H2,1H3,(H2,14,15,16)/t10-/m1/s1. The first-order valence-electron chi connectivity index (χ1n) is 6.81. The van der Waals surface area contributed by atoms with Gasteiger partial charge in [-0.1, -0.05) is 32.6 Å². The molecule has 0 fully saturated rings. The van der Waals surface area contributed by atoms with Gasteiger partial charge in [0.25, 0.3) is 0 Å². The number of nitrogen functional groups attached to an aromatic ring is 1. The van der Waals surface area contributed by atoms with Crippen molar-refractivity contribution in [1.82, 2.24) is 19.5 Å². The van der Waals surface area contributed by atoms with Crippen molar-refractivity contribution in [2.24, 2.45) is 0 Å². The van der Waals surface area contributed by atoms with Gasteiger partial charge in [0.05, 0.1) is 19.0 Å². The molecule has 19 heavy (non-hydrogen) atoms. The van der Waals surface area contributed by atoms with Crippen molar-refractivity contribution in [2.45, 2.75) is 45.1 Å². The van der Waals surface area contributed by atoms with Gasteiger partial charge in [0, 0.05) is 0 Å². The topological polar surface area (TPSA) is 89.8 Å². The Labute approximate surface area is 112 Å². The van der Waals surface area contributed by atoms with Crippen LogP contribution in [0.1, 0.15) is 45.1 Å². The zero-order valence-electron chi connectivity index (χ0n) is 11.3. The number of aliphatic hydroxyl groups is 1. The maximum absolute atomic E-state index is 9.56. The third kappa shape index (κ3) is 3.01. The largest absolute Gasteiger partial charge is 0.394 e. The second-order valence-corrected chi connectivity index (χ2v) is 4.77. The van der Waals surface area contributed by atoms with Gasteiger partial charge in [-0.25, -0.2) is 15.0 Å². The van der Waals surface area contributed by atoms with Gasteiger partial charge in [-0.3, -0.25) is 0 Å². The van der Waals surface area contributed by atoms with Crippen LogP contribution in [0.25, 0.3) is 11.2 Å². The molecule has 0 saturated carbocycles. The fourth-order valence-corrected chi connectivity index (χ4v) is 2.26. The molecule has 0 radical (unpaired) electrons. The predicted octanol–water partition coefficient (Wildman–Crippen LogP) is 1.91. The molecule has 0 unspecified atom stereocenters. The van der Waals surface area contributed by atoms with Gasteiger partial charge in [0.2, 0.25) is 0 Å². The number of aliphatic hydroxyl groups excluding tert-OH is 1. The van der Waals surface area contributed by atoms with Crippen LogP contribution in [0.15, 0.2) is 12.7 Å². The summed E-state index contributed by atoms with van der Waals surface area (Å²) in [7, 11) is 0. The number of nitrogens with two attached hydrogens (primary N) is 1. The Bertz CT molecular complexity index is 525. The highest BCUT2D eigenvalue weighted by molar-refractivity contribution is 5.81. The first-order valence-corrected chi connectivity index (χ1v) is 6.81. The molecule has 0 aliphatic rings. The lowest BCUT2D eigenvalue weighted by Gasteiger charge is -2.16. The van der Waals surface area contributed by atoms with Crippen LogP contribution in [0.4, 0.5) is 5.82 Å². The van der Waals surface area contributed by atoms with Gasteiger partial charge < -0.3 is 15.4 Å². The van der Waals surface area contributed by atoms with Crippen molar-refractivity contribution < 1.29 is 5.11 Å². The molecule has 0 spiro atoms. The molecule has 0 aromatic carbocycles. The number of anilines is 1. The summed E-state index contributed by atoms with van der Waals surface area (Å²) in [6, 6.07) is 0.0103. The number of hydrogen-bond acceptors (Lipinski definition) is 5. The third-order valence-electron chi connectivity index (χ3n) is 3.38. The van der Waals surface area contributed by atoms with Crippen molar-refractivity contribution >= 4 is 17.0 Å². The van der Waals surface area contributed by atoms with Crippen LogP contribution in [0.5, 0.6) is 0 Å². The number of aromatic nitrogens is 4. The fourth-order valence-electron chi connectivity index (χ4n) is 2.26. The lowest BCUT2D eigenvalue weighted by atomic mass is 10.1. The predicted molar refractivity (Wildman–Crippen MR) is 74.6 cm³/mol. The smallest absolute Gasteiger partial charge is 0.165 e. The molecule has 2 aromatic heterocycles. The van der Waals surface area contributed by atoms with E-state index in [1.54, 1.807) is 6.33 Å². The lowest BCUT2D eigenvalue weighted by molar-refractivity contribution is 0.219. The van der Waals surface area contributed by atoms with Crippen LogP contribution < -0.4 is 5.73 Å². The maximum atomic E-state index is 9.56. The molecule has 3 N–H and O–H groups in total. The summed E-state index contributed by atoms with van der Waals surface area (Å²) in [4.78, 5) is 12.4. The molecule has 0 saturated heterocycles. The number of imidazole rings is 1. The molecule has 6 heteroatoms. The second-order valence-electron chi connectivity index (χ2n) is 4.77. The van der Waals surface area contributed by atoms with Crippen molar-refractivity contribution in [2.75, 3.05) is 12.3 Å². The van der Waals surface area contributed by atoms with Gasteiger partial charge in [0.1, 0.15) is 11.8 Å². The second kappa shape index (κ2) is 6.47. The van der Waals surface area contributed by atoms with Gasteiger partial charge in [-0.15, -0.1) is 0 Å². The molecule has 6 nitrogen and oxygen atoms in total. The fraction of sp³-hybridized carbons (Fsp3) is 0.615. The van der Waals surface area contributed by atoms with Crippen LogP contribution in [0.2, 0.25) is 0 Å². The van der Waals surface area contributed by atoms with Crippen LogP contribution in [0, 0.1) is 0 Å². The number of unbranched alkanes of at least 4 members (excludes halogenated alkanes) is 3. The molecule has 1 atom stereocenters. The molecule has 0 aliphatic carbocycles. The Morgan fingerprint density at radius 3 is 2.84 bits per heavy atom. The van der Waals surface area contributed by atoms with Crippen molar-refractivity contribution in [1.29, 1.82) is 0 Å². The zero-order valence-corrected chi connectivity index (χ0v) is 11.3. The van der Waals surface area contributed by atoms with Crippen LogP contribution in [-0.2, 0) is 0 Å². The monoisotopic (exact) mass is 263 g/mol. The highest BCUT2D eigenvalue weighted by Gasteiger charge is 2.15. The summed E-state index contributed by atoms with van der Waals surface area (Å²) in [6.07, 6.45) is 8.78. The molecule has 104 valence electrons. The van der Waals surface area contributed by atoms with E-state index in [0.717, 1.165) is 12.8 Å². The Hall–Kier alpha value is -1.69. The van der Waals surface area contributed by atoms with E-state index in [2.05, 4.69) is 21.9 Å². The lowest BCUT2D eigenvalue weighted by Crippen LogP contribution is -2.13. The van der Waals surface area contributed by atoms with E-state index in [1.165, 1.54) is 25.6 Å². The van der Waals surface area contributed by atoms with E-state index in [1.807, 2.05) is 4.57 Å². The molecular formula is C13H21N5O. The van der Waals surface area contributed by atoms with E-state index >= 15 is 0 Å². The summed E-state index contributed by atoms with van der Waals surface area (Å²) >= 11 is 0. The highest BCUT2D eigenvalue weighted by atomic mass is 16.3. The molecule has 0 aliphatic heterocycles. The summed E-state index contributed by atoms with van der Waals surface area (Å²) in [5, 5.41) is 9.56. The van der Waals surface area contributed by atoms with Crippen molar-refractivity contribution in [3.8, 4) is 0 Å². The summed E-state index contributed by atoms with van der Waals surface area (Å²) < 4.78 is 1.90. The minimum Gasteiger partial charge on any atom is -0.394 e. The minimum atomic E-state index is 0.0103. The zero-order chi connectivity index (χ0) is 13.7. The molecule has 0 bridgehead atoms. The van der Waals surface area contributed by atoms with E-state index in [-0.39, 0.29) is 12.6 Å². The van der Waals surface area contributed by atoms with Crippen LogP contribution >= 0.6 is 0 Å². The maximum Gasteiger partial charge on any atom is 0.165 e. The first kappa shape index (κ1) is 13.7. The van der Waals surface area contributed by atoms with E-state index in [9.17, 15) is 5.11 Å². The Balaban J connectivity index is 2.14. The average Bonchev–Trinajstić information content (AvgIpc) is 2.84. The van der Waals surface area contributed by atoms with Crippen molar-refractivity contribution in [3.05, 3.63) is 12.7 Å². The number of rotatable bonds is 7. The van der Waals surface area contributed by atoms with Crippen LogP contribution in [-0.4, -0.2) is 31.2 Å². The van der Waals surface area contributed by atoms with Crippen molar-refractivity contribution in [3.63, 3.8) is 0 Å². The van der Waals surface area contributed by atoms with E-state index in [4.69, 9.17) is 5.73 Å². The Morgan fingerprint density at radius 1 is 1.26 bits per heavy atom. The van der Waals surface area contributed by atoms with Gasteiger partial charge >= 0.3 is 0 Å². The Morgan fingerprint density at radius 2 is 2.11 bits per heavy atom. The molecule has 2 heterocycles. The van der Waals surface area contributed by atoms with Gasteiger partial charge in [-0.05, 0) is 6.42 Å².